The van der Waals surface area contributed by atoms with Gasteiger partial charge in [0.15, 0.2) is 0 Å². The van der Waals surface area contributed by atoms with Crippen molar-refractivity contribution in [1.29, 1.82) is 0 Å². The van der Waals surface area contributed by atoms with E-state index in [4.69, 9.17) is 0 Å². The molecule has 0 spiro atoms. The van der Waals surface area contributed by atoms with Crippen LogP contribution in [0.2, 0.25) is 0 Å². The number of unbranched alkanes of at least 4 members (excludes halogenated alkanes) is 7. The molecule has 0 bridgehead atoms. The second-order valence-corrected chi connectivity index (χ2v) is 12.4. The van der Waals surface area contributed by atoms with Gasteiger partial charge < -0.3 is 10.2 Å². The topological polar surface area (TPSA) is 129 Å². The molecule has 0 heterocycles. The van der Waals surface area contributed by atoms with Gasteiger partial charge in [-0.3, -0.25) is 14.1 Å². The molecule has 0 rings (SSSR count). The van der Waals surface area contributed by atoms with Crippen molar-refractivity contribution in [3.05, 3.63) is 0 Å². The Morgan fingerprint density at radius 3 is 1.42 bits per heavy atom. The summed E-state index contributed by atoms with van der Waals surface area (Å²) in [5.74, 6) is -3.44. The molecule has 0 aliphatic heterocycles. The van der Waals surface area contributed by atoms with Gasteiger partial charge in [-0.25, -0.2) is 0 Å². The van der Waals surface area contributed by atoms with E-state index in [0.29, 0.717) is 32.1 Å². The van der Waals surface area contributed by atoms with Crippen LogP contribution in [0.4, 0.5) is 0 Å². The van der Waals surface area contributed by atoms with Gasteiger partial charge in [0.05, 0.1) is 0 Å². The molecule has 0 aromatic rings. The lowest BCUT2D eigenvalue weighted by Crippen LogP contribution is -2.63. The predicted octanol–water partition coefficient (Wildman–Crippen LogP) is 7.73. The quantitative estimate of drug-likeness (QED) is 0.0903. The van der Waals surface area contributed by atoms with Gasteiger partial charge in [0.2, 0.25) is 4.75 Å². The fourth-order valence-corrected chi connectivity index (χ4v) is 7.19. The standard InChI is InChI=1S/C28H54O7S/c1-6-11-14-15-16-17-20-28(26(31)32,36(33,34)35)27(25(29)30,21-23(9-4)18-12-7-2)22-24(10-5)19-13-8-3/h23-24H,6-22H2,1-5H3,(H,29,30)(H,31,32)(H,33,34,35). The Labute approximate surface area is 220 Å². The van der Waals surface area contributed by atoms with Crippen molar-refractivity contribution in [3.63, 3.8) is 0 Å². The summed E-state index contributed by atoms with van der Waals surface area (Å²) in [5.41, 5.74) is -2.11. The fraction of sp³-hybridized carbons (Fsp3) is 0.929. The second kappa shape index (κ2) is 17.4. The zero-order chi connectivity index (χ0) is 27.8. The minimum atomic E-state index is -5.25. The average Bonchev–Trinajstić information content (AvgIpc) is 2.81. The summed E-state index contributed by atoms with van der Waals surface area (Å²) < 4.78 is 34.0. The summed E-state index contributed by atoms with van der Waals surface area (Å²) in [6.07, 6.45) is 10.3. The van der Waals surface area contributed by atoms with E-state index in [1.165, 1.54) is 0 Å². The molecule has 0 aromatic heterocycles. The Morgan fingerprint density at radius 1 is 0.667 bits per heavy atom. The molecule has 3 atom stereocenters. The second-order valence-electron chi connectivity index (χ2n) is 10.8. The fourth-order valence-electron chi connectivity index (χ4n) is 5.82. The van der Waals surface area contributed by atoms with Gasteiger partial charge in [-0.15, -0.1) is 0 Å². The molecule has 0 amide bonds. The number of aliphatic carboxylic acids is 2. The third kappa shape index (κ3) is 9.30. The molecule has 7 nitrogen and oxygen atoms in total. The Balaban J connectivity index is 6.84. The minimum absolute atomic E-state index is 0.0661. The van der Waals surface area contributed by atoms with Gasteiger partial charge in [0.25, 0.3) is 10.1 Å². The number of carboxylic acids is 2. The molecular weight excluding hydrogens is 480 g/mol. The summed E-state index contributed by atoms with van der Waals surface area (Å²) >= 11 is 0. The summed E-state index contributed by atoms with van der Waals surface area (Å²) in [7, 11) is -5.25. The van der Waals surface area contributed by atoms with E-state index in [1.54, 1.807) is 0 Å². The number of carbonyl (C=O) groups is 2. The van der Waals surface area contributed by atoms with Crippen LogP contribution in [0.25, 0.3) is 0 Å². The van der Waals surface area contributed by atoms with Crippen LogP contribution in [0.15, 0.2) is 0 Å². The Bertz CT molecular complexity index is 716. The van der Waals surface area contributed by atoms with Gasteiger partial charge in [-0.2, -0.15) is 8.42 Å². The van der Waals surface area contributed by atoms with E-state index in [0.717, 1.165) is 51.4 Å². The predicted molar refractivity (Wildman–Crippen MR) is 146 cm³/mol. The highest BCUT2D eigenvalue weighted by molar-refractivity contribution is 7.88. The van der Waals surface area contributed by atoms with E-state index in [-0.39, 0.29) is 31.1 Å². The van der Waals surface area contributed by atoms with E-state index in [9.17, 15) is 32.8 Å². The zero-order valence-electron chi connectivity index (χ0n) is 23.6. The molecule has 0 aliphatic carbocycles. The highest BCUT2D eigenvalue weighted by atomic mass is 32.2. The molecule has 0 aliphatic rings. The van der Waals surface area contributed by atoms with Gasteiger partial charge in [-0.1, -0.05) is 125 Å². The van der Waals surface area contributed by atoms with E-state index in [2.05, 4.69) is 6.92 Å². The van der Waals surface area contributed by atoms with Crippen LogP contribution in [0.3, 0.4) is 0 Å². The van der Waals surface area contributed by atoms with Crippen LogP contribution >= 0.6 is 0 Å². The Kier molecular flexibility index (Phi) is 16.8. The molecule has 8 heteroatoms. The minimum Gasteiger partial charge on any atom is -0.481 e. The van der Waals surface area contributed by atoms with Crippen molar-refractivity contribution in [2.45, 2.75) is 149 Å². The van der Waals surface area contributed by atoms with Gasteiger partial charge in [0, 0.05) is 0 Å². The molecule has 3 N–H and O–H groups in total. The van der Waals surface area contributed by atoms with Crippen LogP contribution in [-0.4, -0.2) is 39.9 Å². The summed E-state index contributed by atoms with van der Waals surface area (Å²) in [5, 5.41) is 21.3. The third-order valence-electron chi connectivity index (χ3n) is 8.21. The first kappa shape index (κ1) is 34.9. The normalized spacial score (nSPS) is 17.2. The zero-order valence-corrected chi connectivity index (χ0v) is 24.4. The van der Waals surface area contributed by atoms with E-state index < -0.39 is 38.6 Å². The van der Waals surface area contributed by atoms with Crippen molar-refractivity contribution in [1.82, 2.24) is 0 Å². The molecule has 36 heavy (non-hydrogen) atoms. The Hall–Kier alpha value is -1.15. The first-order valence-corrected chi connectivity index (χ1v) is 15.8. The van der Waals surface area contributed by atoms with Gasteiger partial charge in [-0.05, 0) is 31.1 Å². The summed E-state index contributed by atoms with van der Waals surface area (Å²) in [6.45, 7) is 10.0. The number of carboxylic acid groups (broad SMARTS) is 2. The summed E-state index contributed by atoms with van der Waals surface area (Å²) in [6, 6.07) is 0. The lowest BCUT2D eigenvalue weighted by Gasteiger charge is -2.46. The van der Waals surface area contributed by atoms with Gasteiger partial charge in [0.1, 0.15) is 5.41 Å². The summed E-state index contributed by atoms with van der Waals surface area (Å²) in [4.78, 5) is 26.2. The van der Waals surface area contributed by atoms with Crippen LogP contribution < -0.4 is 0 Å². The molecule has 214 valence electrons. The maximum absolute atomic E-state index is 13.2. The maximum Gasteiger partial charge on any atom is 0.328 e. The molecule has 0 radical (unpaired) electrons. The molecule has 0 saturated heterocycles. The number of rotatable bonds is 23. The van der Waals surface area contributed by atoms with Crippen molar-refractivity contribution in [3.8, 4) is 0 Å². The van der Waals surface area contributed by atoms with Crippen molar-refractivity contribution >= 4 is 22.1 Å². The van der Waals surface area contributed by atoms with Crippen LogP contribution in [0.5, 0.6) is 0 Å². The first-order chi connectivity index (χ1) is 16.9. The molecular formula is C28H54O7S. The van der Waals surface area contributed by atoms with Crippen LogP contribution in [-0.2, 0) is 19.7 Å². The number of hydrogen-bond acceptors (Lipinski definition) is 4. The molecule has 3 unspecified atom stereocenters. The lowest BCUT2D eigenvalue weighted by molar-refractivity contribution is -0.164. The highest BCUT2D eigenvalue weighted by Gasteiger charge is 2.68. The van der Waals surface area contributed by atoms with Crippen molar-refractivity contribution in [2.75, 3.05) is 0 Å². The average molecular weight is 535 g/mol. The third-order valence-corrected chi connectivity index (χ3v) is 9.86. The van der Waals surface area contributed by atoms with Crippen molar-refractivity contribution < 1.29 is 32.8 Å². The smallest absolute Gasteiger partial charge is 0.328 e. The van der Waals surface area contributed by atoms with E-state index in [1.807, 2.05) is 27.7 Å². The lowest BCUT2D eigenvalue weighted by atomic mass is 9.61. The molecule has 0 fully saturated rings. The highest BCUT2D eigenvalue weighted by Crippen LogP contribution is 2.52. The monoisotopic (exact) mass is 534 g/mol. The van der Waals surface area contributed by atoms with Crippen LogP contribution in [0.1, 0.15) is 144 Å². The number of hydrogen-bond donors (Lipinski definition) is 3. The molecule has 0 aromatic carbocycles. The van der Waals surface area contributed by atoms with Crippen molar-refractivity contribution in [2.24, 2.45) is 17.3 Å². The largest absolute Gasteiger partial charge is 0.481 e. The van der Waals surface area contributed by atoms with E-state index >= 15 is 0 Å². The molecule has 0 saturated carbocycles. The SMILES string of the molecule is CCCCCCCCC(C(=O)O)(C(CC(CC)CCCC)(CC(CC)CCCC)C(=O)O)S(=O)(=O)O. The van der Waals surface area contributed by atoms with Gasteiger partial charge >= 0.3 is 11.9 Å². The first-order valence-electron chi connectivity index (χ1n) is 14.4. The maximum atomic E-state index is 13.2. The van der Waals surface area contributed by atoms with Crippen LogP contribution in [0, 0.1) is 17.3 Å². The Morgan fingerprint density at radius 2 is 1.08 bits per heavy atom.